The molecule has 1 unspecified atom stereocenters. The molecule has 2 fully saturated rings. The molecule has 0 spiro atoms. The van der Waals surface area contributed by atoms with E-state index < -0.39 is 0 Å². The van der Waals surface area contributed by atoms with Gasteiger partial charge in [0.2, 0.25) is 0 Å². The number of hydrogen-bond donors (Lipinski definition) is 1. The van der Waals surface area contributed by atoms with Crippen molar-refractivity contribution in [2.75, 3.05) is 5.32 Å². The fourth-order valence-corrected chi connectivity index (χ4v) is 4.91. The molecular formula is C17H21BrN2. The van der Waals surface area contributed by atoms with E-state index in [0.29, 0.717) is 16.9 Å². The van der Waals surface area contributed by atoms with Crippen LogP contribution in [-0.2, 0) is 0 Å². The fourth-order valence-electron chi connectivity index (χ4n) is 4.55. The molecule has 0 radical (unpaired) electrons. The summed E-state index contributed by atoms with van der Waals surface area (Å²) in [5.74, 6) is 0.811. The second-order valence-electron chi connectivity index (χ2n) is 7.29. The zero-order chi connectivity index (χ0) is 14.5. The average Bonchev–Trinajstić information content (AvgIpc) is 2.87. The van der Waals surface area contributed by atoms with Gasteiger partial charge in [0, 0.05) is 10.5 Å². The Kier molecular flexibility index (Phi) is 3.14. The highest BCUT2D eigenvalue weighted by atomic mass is 79.9. The molecule has 2 aliphatic rings. The van der Waals surface area contributed by atoms with Crippen LogP contribution in [0.1, 0.15) is 45.6 Å². The Bertz CT molecular complexity index is 582. The molecule has 1 aromatic rings. The van der Waals surface area contributed by atoms with Crippen LogP contribution < -0.4 is 5.32 Å². The van der Waals surface area contributed by atoms with Crippen molar-refractivity contribution in [3.05, 3.63) is 28.2 Å². The highest BCUT2D eigenvalue weighted by Crippen LogP contribution is 2.63. The van der Waals surface area contributed by atoms with Gasteiger partial charge in [0.1, 0.15) is 6.07 Å². The summed E-state index contributed by atoms with van der Waals surface area (Å²) in [6, 6.07) is 8.67. The van der Waals surface area contributed by atoms with Crippen molar-refractivity contribution in [3.63, 3.8) is 0 Å². The second kappa shape index (κ2) is 4.49. The van der Waals surface area contributed by atoms with Crippen LogP contribution in [0.4, 0.5) is 5.69 Å². The van der Waals surface area contributed by atoms with Gasteiger partial charge in [-0.3, -0.25) is 0 Å². The fraction of sp³-hybridized carbons (Fsp3) is 0.588. The van der Waals surface area contributed by atoms with Gasteiger partial charge in [-0.25, -0.2) is 0 Å². The number of nitrogens with one attached hydrogen (secondary N) is 1. The first-order valence-corrected chi connectivity index (χ1v) is 8.12. The van der Waals surface area contributed by atoms with Gasteiger partial charge >= 0.3 is 0 Å². The van der Waals surface area contributed by atoms with Gasteiger partial charge in [0.15, 0.2) is 0 Å². The number of hydrogen-bond acceptors (Lipinski definition) is 2. The van der Waals surface area contributed by atoms with Crippen LogP contribution in [-0.4, -0.2) is 6.04 Å². The number of halogens is 1. The van der Waals surface area contributed by atoms with Crippen LogP contribution in [0.3, 0.4) is 0 Å². The largest absolute Gasteiger partial charge is 0.380 e. The molecule has 0 aromatic heterocycles. The standard InChI is InChI=1S/C17H21BrN2/c1-16(2)12-6-7-17(3,9-12)15(16)20-14-5-4-13(18)8-11(14)10-19/h4-5,8,12,15,20H,6-7,9H2,1-3H3/t12-,15?,17+/m0/s1. The molecule has 106 valence electrons. The van der Waals surface area contributed by atoms with Crippen LogP contribution in [0.25, 0.3) is 0 Å². The molecule has 2 nitrogen and oxygen atoms in total. The lowest BCUT2D eigenvalue weighted by molar-refractivity contribution is 0.155. The predicted octanol–water partition coefficient (Wildman–Crippen LogP) is 4.95. The van der Waals surface area contributed by atoms with Crippen molar-refractivity contribution >= 4 is 21.6 Å². The maximum atomic E-state index is 9.33. The number of anilines is 1. The highest BCUT2D eigenvalue weighted by molar-refractivity contribution is 9.10. The summed E-state index contributed by atoms with van der Waals surface area (Å²) in [7, 11) is 0. The number of rotatable bonds is 2. The van der Waals surface area contributed by atoms with Gasteiger partial charge in [-0.15, -0.1) is 0 Å². The lowest BCUT2D eigenvalue weighted by atomic mass is 9.68. The molecule has 1 aromatic carbocycles. The molecule has 3 heteroatoms. The molecule has 3 rings (SSSR count). The van der Waals surface area contributed by atoms with E-state index >= 15 is 0 Å². The van der Waals surface area contributed by atoms with Gasteiger partial charge in [-0.05, 0) is 54.2 Å². The summed E-state index contributed by atoms with van der Waals surface area (Å²) < 4.78 is 0.956. The Morgan fingerprint density at radius 3 is 2.70 bits per heavy atom. The van der Waals surface area contributed by atoms with Crippen LogP contribution in [0.2, 0.25) is 0 Å². The molecule has 0 saturated heterocycles. The molecule has 2 saturated carbocycles. The number of nitriles is 1. The quantitative estimate of drug-likeness (QED) is 0.831. The minimum Gasteiger partial charge on any atom is -0.380 e. The maximum Gasteiger partial charge on any atom is 0.101 e. The number of nitrogens with zero attached hydrogens (tertiary/aromatic N) is 1. The van der Waals surface area contributed by atoms with E-state index in [4.69, 9.17) is 0 Å². The number of fused-ring (bicyclic) bond motifs is 2. The summed E-state index contributed by atoms with van der Waals surface area (Å²) >= 11 is 3.44. The Morgan fingerprint density at radius 2 is 2.10 bits per heavy atom. The van der Waals surface area contributed by atoms with E-state index in [9.17, 15) is 5.26 Å². The van der Waals surface area contributed by atoms with E-state index in [2.05, 4.69) is 48.1 Å². The molecule has 20 heavy (non-hydrogen) atoms. The normalized spacial score (nSPS) is 34.0. The van der Waals surface area contributed by atoms with E-state index in [-0.39, 0.29) is 0 Å². The predicted molar refractivity (Wildman–Crippen MR) is 85.5 cm³/mol. The van der Waals surface area contributed by atoms with Crippen molar-refractivity contribution in [1.29, 1.82) is 5.26 Å². The van der Waals surface area contributed by atoms with E-state index in [1.807, 2.05) is 18.2 Å². The Balaban J connectivity index is 1.94. The van der Waals surface area contributed by atoms with Crippen molar-refractivity contribution in [3.8, 4) is 6.07 Å². The smallest absolute Gasteiger partial charge is 0.101 e. The lowest BCUT2D eigenvalue weighted by Gasteiger charge is -2.43. The van der Waals surface area contributed by atoms with E-state index in [0.717, 1.165) is 21.6 Å². The van der Waals surface area contributed by atoms with Crippen molar-refractivity contribution < 1.29 is 0 Å². The topological polar surface area (TPSA) is 35.8 Å². The second-order valence-corrected chi connectivity index (χ2v) is 8.21. The molecule has 2 aliphatic carbocycles. The molecule has 0 aliphatic heterocycles. The van der Waals surface area contributed by atoms with Crippen LogP contribution >= 0.6 is 15.9 Å². The first-order valence-electron chi connectivity index (χ1n) is 7.33. The van der Waals surface area contributed by atoms with E-state index in [1.165, 1.54) is 19.3 Å². The summed E-state index contributed by atoms with van der Waals surface area (Å²) in [5, 5.41) is 13.0. The van der Waals surface area contributed by atoms with Crippen molar-refractivity contribution in [1.82, 2.24) is 0 Å². The third kappa shape index (κ3) is 1.97. The van der Waals surface area contributed by atoms with Gasteiger partial charge in [0.05, 0.1) is 11.3 Å². The number of benzene rings is 1. The monoisotopic (exact) mass is 332 g/mol. The summed E-state index contributed by atoms with van der Waals surface area (Å²) in [4.78, 5) is 0. The van der Waals surface area contributed by atoms with Gasteiger partial charge < -0.3 is 5.32 Å². The maximum absolute atomic E-state index is 9.33. The molecule has 1 N–H and O–H groups in total. The zero-order valence-corrected chi connectivity index (χ0v) is 13.9. The first-order chi connectivity index (χ1) is 9.37. The first kappa shape index (κ1) is 13.9. The minimum absolute atomic E-state index is 0.298. The Morgan fingerprint density at radius 1 is 1.35 bits per heavy atom. The van der Waals surface area contributed by atoms with Crippen LogP contribution in [0.15, 0.2) is 22.7 Å². The zero-order valence-electron chi connectivity index (χ0n) is 12.3. The molecule has 2 bridgehead atoms. The van der Waals surface area contributed by atoms with Crippen molar-refractivity contribution in [2.24, 2.45) is 16.7 Å². The lowest BCUT2D eigenvalue weighted by Crippen LogP contribution is -2.45. The third-order valence-electron chi connectivity index (χ3n) is 5.67. The Hall–Kier alpha value is -1.01. The molecule has 0 amide bonds. The molecule has 3 atom stereocenters. The highest BCUT2D eigenvalue weighted by Gasteiger charge is 2.59. The SMILES string of the molecule is CC1(C)C(Nc2ccc(Br)cc2C#N)[C@]2(C)CC[C@H]1C2. The summed E-state index contributed by atoms with van der Waals surface area (Å²) in [5.41, 5.74) is 2.37. The third-order valence-corrected chi connectivity index (χ3v) is 6.16. The summed E-state index contributed by atoms with van der Waals surface area (Å²) in [6.07, 6.45) is 3.97. The molecular weight excluding hydrogens is 312 g/mol. The van der Waals surface area contributed by atoms with Crippen LogP contribution in [0.5, 0.6) is 0 Å². The molecule has 0 heterocycles. The minimum atomic E-state index is 0.298. The summed E-state index contributed by atoms with van der Waals surface area (Å²) in [6.45, 7) is 7.17. The van der Waals surface area contributed by atoms with Crippen LogP contribution in [0, 0.1) is 28.1 Å². The average molecular weight is 333 g/mol. The van der Waals surface area contributed by atoms with Gasteiger partial charge in [0.25, 0.3) is 0 Å². The van der Waals surface area contributed by atoms with Crippen molar-refractivity contribution in [2.45, 2.75) is 46.1 Å². The Labute approximate surface area is 129 Å². The van der Waals surface area contributed by atoms with Gasteiger partial charge in [-0.2, -0.15) is 5.26 Å². The van der Waals surface area contributed by atoms with Gasteiger partial charge in [-0.1, -0.05) is 36.7 Å². The van der Waals surface area contributed by atoms with E-state index in [1.54, 1.807) is 0 Å².